The van der Waals surface area contributed by atoms with E-state index in [0.717, 1.165) is 21.4 Å². The van der Waals surface area contributed by atoms with E-state index in [1.54, 1.807) is 4.90 Å². The van der Waals surface area contributed by atoms with E-state index in [-0.39, 0.29) is 37.0 Å². The van der Waals surface area contributed by atoms with Crippen molar-refractivity contribution in [3.8, 4) is 0 Å². The first-order chi connectivity index (χ1) is 13.9. The highest BCUT2D eigenvalue weighted by Gasteiger charge is 2.32. The van der Waals surface area contributed by atoms with Gasteiger partial charge in [0, 0.05) is 37.8 Å². The molecule has 4 aromatic rings. The zero-order valence-corrected chi connectivity index (χ0v) is 17.4. The first kappa shape index (κ1) is 18.7. The van der Waals surface area contributed by atoms with E-state index < -0.39 is 15.8 Å². The van der Waals surface area contributed by atoms with Crippen LogP contribution in [0.1, 0.15) is 9.67 Å². The molecule has 4 heterocycles. The minimum atomic E-state index is -3.93. The van der Waals surface area contributed by atoms with Gasteiger partial charge >= 0.3 is 0 Å². The number of amides is 1. The van der Waals surface area contributed by atoms with Gasteiger partial charge in [-0.1, -0.05) is 12.1 Å². The van der Waals surface area contributed by atoms with Crippen molar-refractivity contribution < 1.29 is 17.6 Å². The molecule has 0 unspecified atom stereocenters. The highest BCUT2D eigenvalue weighted by molar-refractivity contribution is 7.89. The number of rotatable bonds is 3. The highest BCUT2D eigenvalue weighted by atomic mass is 32.2. The van der Waals surface area contributed by atoms with Crippen LogP contribution in [0.2, 0.25) is 0 Å². The lowest BCUT2D eigenvalue weighted by Crippen LogP contribution is -2.50. The summed E-state index contributed by atoms with van der Waals surface area (Å²) in [6.07, 6.45) is 1.92. The molecule has 7 nitrogen and oxygen atoms in total. The number of thiazole rings is 1. The van der Waals surface area contributed by atoms with Crippen LogP contribution in [0, 0.1) is 5.82 Å². The summed E-state index contributed by atoms with van der Waals surface area (Å²) in [6, 6.07) is 7.16. The summed E-state index contributed by atoms with van der Waals surface area (Å²) in [7, 11) is -3.93. The lowest BCUT2D eigenvalue weighted by Gasteiger charge is -2.33. The fourth-order valence-electron chi connectivity index (χ4n) is 3.43. The number of fused-ring (bicyclic) bond motifs is 3. The Morgan fingerprint density at radius 3 is 2.66 bits per heavy atom. The van der Waals surface area contributed by atoms with Crippen molar-refractivity contribution >= 4 is 53.9 Å². The molecule has 0 aliphatic carbocycles. The zero-order valence-electron chi connectivity index (χ0n) is 15.0. The summed E-state index contributed by atoms with van der Waals surface area (Å²) in [6.45, 7) is 0.759. The Bertz CT molecular complexity index is 1330. The molecule has 5 rings (SSSR count). The number of thiophene rings is 1. The van der Waals surface area contributed by atoms with E-state index >= 15 is 0 Å². The Morgan fingerprint density at radius 1 is 1.14 bits per heavy atom. The summed E-state index contributed by atoms with van der Waals surface area (Å²) in [5.41, 5.74) is 0.898. The summed E-state index contributed by atoms with van der Waals surface area (Å²) < 4.78 is 42.5. The molecule has 29 heavy (non-hydrogen) atoms. The molecule has 0 spiro atoms. The molecule has 1 aromatic carbocycles. The van der Waals surface area contributed by atoms with Crippen LogP contribution in [0.4, 0.5) is 4.39 Å². The number of imidazole rings is 1. The Hall–Kier alpha value is -2.34. The van der Waals surface area contributed by atoms with Crippen LogP contribution in [0.5, 0.6) is 0 Å². The maximum Gasteiger partial charge on any atom is 0.264 e. The highest BCUT2D eigenvalue weighted by Crippen LogP contribution is 2.29. The van der Waals surface area contributed by atoms with E-state index in [1.165, 1.54) is 45.2 Å². The van der Waals surface area contributed by atoms with Crippen LogP contribution in [0.25, 0.3) is 15.3 Å². The van der Waals surface area contributed by atoms with Crippen molar-refractivity contribution in [2.24, 2.45) is 0 Å². The predicted molar refractivity (Wildman–Crippen MR) is 110 cm³/mol. The van der Waals surface area contributed by atoms with Crippen molar-refractivity contribution in [2.45, 2.75) is 4.90 Å². The fourth-order valence-corrected chi connectivity index (χ4v) is 6.69. The number of carbonyl (C=O) groups is 1. The van der Waals surface area contributed by atoms with Crippen LogP contribution in [0.3, 0.4) is 0 Å². The van der Waals surface area contributed by atoms with Gasteiger partial charge < -0.3 is 4.90 Å². The molecule has 11 heteroatoms. The van der Waals surface area contributed by atoms with Gasteiger partial charge in [-0.2, -0.15) is 4.31 Å². The Balaban J connectivity index is 1.33. The van der Waals surface area contributed by atoms with E-state index in [2.05, 4.69) is 4.98 Å². The van der Waals surface area contributed by atoms with Crippen LogP contribution in [0.15, 0.2) is 46.8 Å². The molecule has 0 bridgehead atoms. The maximum atomic E-state index is 13.9. The molecule has 0 radical (unpaired) electrons. The van der Waals surface area contributed by atoms with Crippen LogP contribution in [-0.4, -0.2) is 59.1 Å². The molecule has 150 valence electrons. The minimum Gasteiger partial charge on any atom is -0.335 e. The number of hydrogen-bond acceptors (Lipinski definition) is 6. The Morgan fingerprint density at radius 2 is 1.90 bits per heavy atom. The average Bonchev–Trinajstić information content (AvgIpc) is 3.40. The first-order valence-corrected chi connectivity index (χ1v) is 12.0. The third-order valence-electron chi connectivity index (χ3n) is 4.93. The number of piperazine rings is 1. The van der Waals surface area contributed by atoms with Crippen molar-refractivity contribution in [3.05, 3.63) is 52.6 Å². The smallest absolute Gasteiger partial charge is 0.264 e. The van der Waals surface area contributed by atoms with Gasteiger partial charge in [-0.3, -0.25) is 9.20 Å². The third-order valence-corrected chi connectivity index (χ3v) is 8.63. The van der Waals surface area contributed by atoms with Crippen molar-refractivity contribution in [2.75, 3.05) is 26.2 Å². The second-order valence-corrected chi connectivity index (χ2v) is 10.4. The number of benzene rings is 1. The molecule has 3 aromatic heterocycles. The lowest BCUT2D eigenvalue weighted by molar-refractivity contribution is 0.0702. The lowest BCUT2D eigenvalue weighted by atomic mass is 10.3. The summed E-state index contributed by atoms with van der Waals surface area (Å²) in [5.74, 6) is -0.909. The second kappa shape index (κ2) is 6.87. The van der Waals surface area contributed by atoms with Gasteiger partial charge in [-0.05, 0) is 18.2 Å². The second-order valence-electron chi connectivity index (χ2n) is 6.60. The topological polar surface area (TPSA) is 75.0 Å². The average molecular weight is 451 g/mol. The van der Waals surface area contributed by atoms with E-state index in [0.29, 0.717) is 4.88 Å². The summed E-state index contributed by atoms with van der Waals surface area (Å²) >= 11 is 2.87. The van der Waals surface area contributed by atoms with Gasteiger partial charge in [0.25, 0.3) is 5.91 Å². The SMILES string of the molecule is O=C(c1cc2c(nc3sccn32)s1)N1CCN(S(=O)(=O)c2ccccc2F)CC1. The summed E-state index contributed by atoms with van der Waals surface area (Å²) in [4.78, 5) is 21.0. The first-order valence-electron chi connectivity index (χ1n) is 8.84. The largest absolute Gasteiger partial charge is 0.335 e. The Labute approximate surface area is 173 Å². The number of hydrogen-bond donors (Lipinski definition) is 0. The molecule has 0 saturated carbocycles. The molecular formula is C18H15FN4O3S3. The van der Waals surface area contributed by atoms with Gasteiger partial charge in [0.1, 0.15) is 15.5 Å². The number of aromatic nitrogens is 2. The molecule has 0 atom stereocenters. The number of carbonyl (C=O) groups excluding carboxylic acids is 1. The number of sulfonamides is 1. The maximum absolute atomic E-state index is 13.9. The van der Waals surface area contributed by atoms with Gasteiger partial charge in [-0.25, -0.2) is 17.8 Å². The fraction of sp³-hybridized carbons (Fsp3) is 0.222. The van der Waals surface area contributed by atoms with Crippen molar-refractivity contribution in [3.63, 3.8) is 0 Å². The normalized spacial score (nSPS) is 16.1. The standard InChI is InChI=1S/C18H15FN4O3S3/c19-12-3-1-2-4-15(12)29(25,26)22-7-5-21(6-8-22)17(24)14-11-13-16(28-14)20-18-23(13)9-10-27-18/h1-4,9-11H,5-8H2. The minimum absolute atomic E-state index is 0.126. The van der Waals surface area contributed by atoms with Crippen LogP contribution < -0.4 is 0 Å². The van der Waals surface area contributed by atoms with Crippen molar-refractivity contribution in [1.29, 1.82) is 0 Å². The van der Waals surface area contributed by atoms with E-state index in [9.17, 15) is 17.6 Å². The number of halogens is 1. The van der Waals surface area contributed by atoms with Crippen LogP contribution >= 0.6 is 22.7 Å². The van der Waals surface area contributed by atoms with Crippen molar-refractivity contribution in [1.82, 2.24) is 18.6 Å². The molecular weight excluding hydrogens is 435 g/mol. The van der Waals surface area contributed by atoms with Gasteiger partial charge in [0.05, 0.1) is 10.4 Å². The van der Waals surface area contributed by atoms with Crippen LogP contribution in [-0.2, 0) is 10.0 Å². The number of nitrogens with zero attached hydrogens (tertiary/aromatic N) is 4. The predicted octanol–water partition coefficient (Wildman–Crippen LogP) is 2.90. The van der Waals surface area contributed by atoms with Gasteiger partial charge in [-0.15, -0.1) is 22.7 Å². The molecule has 1 fully saturated rings. The molecule has 1 aliphatic rings. The van der Waals surface area contributed by atoms with E-state index in [4.69, 9.17) is 0 Å². The Kier molecular flexibility index (Phi) is 4.42. The zero-order chi connectivity index (χ0) is 20.2. The molecule has 0 N–H and O–H groups in total. The molecule has 1 amide bonds. The third kappa shape index (κ3) is 3.05. The summed E-state index contributed by atoms with van der Waals surface area (Å²) in [5, 5.41) is 1.94. The molecule has 1 aliphatic heterocycles. The molecule has 1 saturated heterocycles. The van der Waals surface area contributed by atoms with Gasteiger partial charge in [0.15, 0.2) is 4.96 Å². The quantitative estimate of drug-likeness (QED) is 0.481. The monoisotopic (exact) mass is 450 g/mol. The van der Waals surface area contributed by atoms with Gasteiger partial charge in [0.2, 0.25) is 10.0 Å². The van der Waals surface area contributed by atoms with E-state index in [1.807, 2.05) is 22.0 Å².